The molecule has 0 saturated heterocycles. The molecule has 0 spiro atoms. The van der Waals surface area contributed by atoms with Crippen LogP contribution in [0.4, 0.5) is 8.78 Å². The number of hydrogen-bond acceptors (Lipinski definition) is 3. The minimum absolute atomic E-state index is 0.182. The SMILES string of the molecule is O=C(Cc1ccccc1F)NNC(=O)c1ccc(-c2ccc(F)cc2)s1. The fraction of sp³-hybridized carbons (Fsp3) is 0.0526. The van der Waals surface area contributed by atoms with E-state index in [0.29, 0.717) is 4.88 Å². The molecule has 0 bridgehead atoms. The second-order valence-electron chi connectivity index (χ2n) is 5.44. The Labute approximate surface area is 152 Å². The van der Waals surface area contributed by atoms with Crippen molar-refractivity contribution in [1.82, 2.24) is 10.9 Å². The maximum Gasteiger partial charge on any atom is 0.279 e. The molecular formula is C19H14F2N2O2S. The van der Waals surface area contributed by atoms with Crippen molar-refractivity contribution in [1.29, 1.82) is 0 Å². The van der Waals surface area contributed by atoms with E-state index in [9.17, 15) is 18.4 Å². The number of hydrogen-bond donors (Lipinski definition) is 2. The average Bonchev–Trinajstić information content (AvgIpc) is 3.12. The van der Waals surface area contributed by atoms with Crippen molar-refractivity contribution in [2.45, 2.75) is 6.42 Å². The molecule has 2 N–H and O–H groups in total. The van der Waals surface area contributed by atoms with Crippen molar-refractivity contribution >= 4 is 23.2 Å². The van der Waals surface area contributed by atoms with Gasteiger partial charge in [-0.2, -0.15) is 0 Å². The monoisotopic (exact) mass is 372 g/mol. The van der Waals surface area contributed by atoms with Crippen LogP contribution in [0, 0.1) is 11.6 Å². The lowest BCUT2D eigenvalue weighted by atomic mass is 10.1. The standard InChI is InChI=1S/C19H14F2N2O2S/c20-14-7-5-12(6-8-14)16-9-10-17(26-16)19(25)23-22-18(24)11-13-3-1-2-4-15(13)21/h1-10H,11H2,(H,22,24)(H,23,25). The highest BCUT2D eigenvalue weighted by atomic mass is 32.1. The Morgan fingerprint density at radius 3 is 2.35 bits per heavy atom. The fourth-order valence-electron chi connectivity index (χ4n) is 2.28. The number of carbonyl (C=O) groups is 2. The predicted molar refractivity (Wildman–Crippen MR) is 95.4 cm³/mol. The van der Waals surface area contributed by atoms with Gasteiger partial charge in [0.05, 0.1) is 11.3 Å². The number of halogens is 2. The maximum absolute atomic E-state index is 13.5. The van der Waals surface area contributed by atoms with Gasteiger partial charge in [0.1, 0.15) is 11.6 Å². The smallest absolute Gasteiger partial charge is 0.273 e. The largest absolute Gasteiger partial charge is 0.279 e. The van der Waals surface area contributed by atoms with E-state index < -0.39 is 17.6 Å². The summed E-state index contributed by atoms with van der Waals surface area (Å²) in [6.45, 7) is 0. The van der Waals surface area contributed by atoms with Gasteiger partial charge in [-0.1, -0.05) is 30.3 Å². The van der Waals surface area contributed by atoms with Crippen molar-refractivity contribution < 1.29 is 18.4 Å². The van der Waals surface area contributed by atoms with Gasteiger partial charge in [-0.25, -0.2) is 8.78 Å². The molecule has 1 heterocycles. The van der Waals surface area contributed by atoms with Crippen LogP contribution < -0.4 is 10.9 Å². The molecule has 2 amide bonds. The lowest BCUT2D eigenvalue weighted by Gasteiger charge is -2.07. The first-order valence-electron chi connectivity index (χ1n) is 7.71. The fourth-order valence-corrected chi connectivity index (χ4v) is 3.18. The summed E-state index contributed by atoms with van der Waals surface area (Å²) in [7, 11) is 0. The Balaban J connectivity index is 1.58. The Morgan fingerprint density at radius 1 is 0.885 bits per heavy atom. The van der Waals surface area contributed by atoms with Crippen LogP contribution in [0.2, 0.25) is 0 Å². The maximum atomic E-state index is 13.5. The van der Waals surface area contributed by atoms with Crippen LogP contribution in [0.15, 0.2) is 60.7 Å². The average molecular weight is 372 g/mol. The number of hydrazine groups is 1. The lowest BCUT2D eigenvalue weighted by Crippen LogP contribution is -2.42. The number of carbonyl (C=O) groups excluding carboxylic acids is 2. The van der Waals surface area contributed by atoms with Crippen molar-refractivity contribution in [2.24, 2.45) is 0 Å². The van der Waals surface area contributed by atoms with Crippen LogP contribution in [0.25, 0.3) is 10.4 Å². The lowest BCUT2D eigenvalue weighted by molar-refractivity contribution is -0.121. The predicted octanol–water partition coefficient (Wildman–Crippen LogP) is 3.70. The first-order chi connectivity index (χ1) is 12.5. The molecule has 26 heavy (non-hydrogen) atoms. The van der Waals surface area contributed by atoms with Crippen molar-refractivity contribution in [3.63, 3.8) is 0 Å². The van der Waals surface area contributed by atoms with Gasteiger partial charge < -0.3 is 0 Å². The zero-order valence-corrected chi connectivity index (χ0v) is 14.3. The number of amides is 2. The molecule has 0 atom stereocenters. The zero-order valence-electron chi connectivity index (χ0n) is 13.5. The van der Waals surface area contributed by atoms with Crippen LogP contribution >= 0.6 is 11.3 Å². The van der Waals surface area contributed by atoms with Gasteiger partial charge in [0.15, 0.2) is 0 Å². The van der Waals surface area contributed by atoms with E-state index in [4.69, 9.17) is 0 Å². The number of benzene rings is 2. The highest BCUT2D eigenvalue weighted by molar-refractivity contribution is 7.17. The molecule has 0 aliphatic heterocycles. The van der Waals surface area contributed by atoms with Crippen LogP contribution in [0.5, 0.6) is 0 Å². The van der Waals surface area contributed by atoms with E-state index in [1.807, 2.05) is 0 Å². The molecule has 0 aliphatic rings. The highest BCUT2D eigenvalue weighted by Crippen LogP contribution is 2.28. The molecule has 0 radical (unpaired) electrons. The molecule has 3 aromatic rings. The molecule has 2 aromatic carbocycles. The minimum atomic E-state index is -0.529. The van der Waals surface area contributed by atoms with Gasteiger partial charge in [-0.05, 0) is 41.5 Å². The van der Waals surface area contributed by atoms with Gasteiger partial charge in [0.2, 0.25) is 5.91 Å². The highest BCUT2D eigenvalue weighted by Gasteiger charge is 2.12. The van der Waals surface area contributed by atoms with Crippen molar-refractivity contribution in [2.75, 3.05) is 0 Å². The third-order valence-electron chi connectivity index (χ3n) is 3.58. The number of rotatable bonds is 4. The van der Waals surface area contributed by atoms with Gasteiger partial charge >= 0.3 is 0 Å². The molecule has 3 rings (SSSR count). The molecule has 132 valence electrons. The van der Waals surface area contributed by atoms with E-state index in [-0.39, 0.29) is 17.8 Å². The van der Waals surface area contributed by atoms with Gasteiger partial charge in [-0.15, -0.1) is 11.3 Å². The Bertz CT molecular complexity index is 939. The Hall–Kier alpha value is -3.06. The van der Waals surface area contributed by atoms with Crippen molar-refractivity contribution in [3.05, 3.63) is 82.7 Å². The number of thiophene rings is 1. The first-order valence-corrected chi connectivity index (χ1v) is 8.53. The van der Waals surface area contributed by atoms with E-state index in [2.05, 4.69) is 10.9 Å². The summed E-state index contributed by atoms with van der Waals surface area (Å²) in [6.07, 6.45) is -0.182. The van der Waals surface area contributed by atoms with Crippen LogP contribution in [0.3, 0.4) is 0 Å². The normalized spacial score (nSPS) is 10.4. The van der Waals surface area contributed by atoms with Crippen LogP contribution in [0.1, 0.15) is 15.2 Å². The molecule has 0 saturated carbocycles. The second kappa shape index (κ2) is 7.88. The van der Waals surface area contributed by atoms with Crippen LogP contribution in [-0.4, -0.2) is 11.8 Å². The third-order valence-corrected chi connectivity index (χ3v) is 4.72. The molecule has 0 aliphatic carbocycles. The summed E-state index contributed by atoms with van der Waals surface area (Å²) in [6, 6.07) is 15.2. The Morgan fingerprint density at radius 2 is 1.62 bits per heavy atom. The van der Waals surface area contributed by atoms with Gasteiger partial charge in [0.25, 0.3) is 5.91 Å². The summed E-state index contributed by atoms with van der Waals surface area (Å²) >= 11 is 1.21. The molecule has 1 aromatic heterocycles. The first kappa shape index (κ1) is 17.8. The topological polar surface area (TPSA) is 58.2 Å². The third kappa shape index (κ3) is 4.31. The molecule has 7 heteroatoms. The van der Waals surface area contributed by atoms with Gasteiger partial charge in [-0.3, -0.25) is 20.4 Å². The summed E-state index contributed by atoms with van der Waals surface area (Å²) in [5.74, 6) is -1.82. The molecule has 0 fully saturated rings. The zero-order chi connectivity index (χ0) is 18.5. The minimum Gasteiger partial charge on any atom is -0.273 e. The number of nitrogens with one attached hydrogen (secondary N) is 2. The second-order valence-corrected chi connectivity index (χ2v) is 6.53. The summed E-state index contributed by atoms with van der Waals surface area (Å²) in [4.78, 5) is 25.1. The Kier molecular flexibility index (Phi) is 5.38. The van der Waals surface area contributed by atoms with E-state index in [0.717, 1.165) is 10.4 Å². The van der Waals surface area contributed by atoms with Crippen LogP contribution in [-0.2, 0) is 11.2 Å². The summed E-state index contributed by atoms with van der Waals surface area (Å²) < 4.78 is 26.5. The van der Waals surface area contributed by atoms with E-state index >= 15 is 0 Å². The van der Waals surface area contributed by atoms with Crippen molar-refractivity contribution in [3.8, 4) is 10.4 Å². The van der Waals surface area contributed by atoms with E-state index in [1.54, 1.807) is 30.3 Å². The van der Waals surface area contributed by atoms with E-state index in [1.165, 1.54) is 41.7 Å². The molecule has 0 unspecified atom stereocenters. The quantitative estimate of drug-likeness (QED) is 0.686. The van der Waals surface area contributed by atoms with Gasteiger partial charge in [0, 0.05) is 4.88 Å². The summed E-state index contributed by atoms with van der Waals surface area (Å²) in [5, 5.41) is 0. The molecular weight excluding hydrogens is 358 g/mol. The summed E-state index contributed by atoms with van der Waals surface area (Å²) in [5.41, 5.74) is 5.60. The molecule has 4 nitrogen and oxygen atoms in total.